The minimum Gasteiger partial charge on any atom is -0.392 e. The summed E-state index contributed by atoms with van der Waals surface area (Å²) in [6.45, 7) is 7.76. The summed E-state index contributed by atoms with van der Waals surface area (Å²) in [5.41, 5.74) is 0.566. The van der Waals surface area contributed by atoms with Gasteiger partial charge in [-0.2, -0.15) is 0 Å². The lowest BCUT2D eigenvalue weighted by atomic mass is 9.81. The van der Waals surface area contributed by atoms with E-state index in [2.05, 4.69) is 5.32 Å². The van der Waals surface area contributed by atoms with Crippen molar-refractivity contribution in [3.8, 4) is 0 Å². The first-order valence-electron chi connectivity index (χ1n) is 10.1. The largest absolute Gasteiger partial charge is 0.392 e. The molecule has 0 aromatic heterocycles. The topological polar surface area (TPSA) is 107 Å². The van der Waals surface area contributed by atoms with Gasteiger partial charge in [0.25, 0.3) is 10.0 Å². The summed E-state index contributed by atoms with van der Waals surface area (Å²) in [6, 6.07) is 1.83. The number of aliphatic hydroxyl groups is 1. The number of hydrogen-bond donors (Lipinski definition) is 2. The fourth-order valence-electron chi connectivity index (χ4n) is 3.94. The summed E-state index contributed by atoms with van der Waals surface area (Å²) in [6.07, 6.45) is 2.13. The third-order valence-electron chi connectivity index (χ3n) is 5.96. The molecule has 1 aromatic rings. The number of nitrogens with one attached hydrogen (secondary N) is 1. The van der Waals surface area contributed by atoms with Crippen LogP contribution >= 0.6 is 11.6 Å². The number of carbonyl (C=O) groups excluding carboxylic acids is 2. The Kier molecular flexibility index (Phi) is 6.42. The lowest BCUT2D eigenvalue weighted by Crippen LogP contribution is -2.54. The molecule has 0 unspecified atom stereocenters. The van der Waals surface area contributed by atoms with Gasteiger partial charge in [0, 0.05) is 35.9 Å². The Morgan fingerprint density at radius 3 is 2.61 bits per heavy atom. The molecule has 2 atom stereocenters. The second-order valence-electron chi connectivity index (χ2n) is 8.85. The molecule has 10 heteroatoms. The number of carbonyl (C=O) groups is 2. The number of aliphatic hydroxyl groups excluding tert-OH is 1. The lowest BCUT2D eigenvalue weighted by molar-refractivity contribution is -0.141. The van der Waals surface area contributed by atoms with Crippen LogP contribution in [0, 0.1) is 19.3 Å². The van der Waals surface area contributed by atoms with E-state index >= 15 is 0 Å². The van der Waals surface area contributed by atoms with Crippen LogP contribution in [0.5, 0.6) is 0 Å². The standard InChI is InChI=1S/C21H28ClN3O5S/c1-13-10-17(14(2)9-15(13)22)31(29,30)25-8-6-23-20(28)16(25)11-19(27)24-7-5-18(26)21(3,4)12-24/h6,8-10,16,18,26H,5,7,11-12H2,1-4H3,(H,23,28)/t16-,18+/m1/s1. The van der Waals surface area contributed by atoms with Crippen molar-refractivity contribution >= 4 is 33.4 Å². The molecule has 0 bridgehead atoms. The summed E-state index contributed by atoms with van der Waals surface area (Å²) >= 11 is 6.11. The molecule has 1 aromatic carbocycles. The predicted octanol–water partition coefficient (Wildman–Crippen LogP) is 1.93. The smallest absolute Gasteiger partial charge is 0.264 e. The molecule has 2 aliphatic heterocycles. The van der Waals surface area contributed by atoms with E-state index in [9.17, 15) is 23.1 Å². The molecule has 2 N–H and O–H groups in total. The Bertz CT molecular complexity index is 1040. The minimum atomic E-state index is -4.11. The first-order chi connectivity index (χ1) is 14.3. The van der Waals surface area contributed by atoms with Crippen molar-refractivity contribution < 1.29 is 23.1 Å². The molecule has 2 amide bonds. The van der Waals surface area contributed by atoms with Crippen molar-refractivity contribution in [2.75, 3.05) is 13.1 Å². The predicted molar refractivity (Wildman–Crippen MR) is 117 cm³/mol. The number of likely N-dealkylation sites (tertiary alicyclic amines) is 1. The van der Waals surface area contributed by atoms with E-state index in [1.165, 1.54) is 18.5 Å². The minimum absolute atomic E-state index is 0.0356. The molecule has 170 valence electrons. The first-order valence-corrected chi connectivity index (χ1v) is 11.9. The molecular weight excluding hydrogens is 442 g/mol. The van der Waals surface area contributed by atoms with Gasteiger partial charge in [0.1, 0.15) is 6.04 Å². The summed E-state index contributed by atoms with van der Waals surface area (Å²) in [5.74, 6) is -0.904. The Morgan fingerprint density at radius 2 is 1.97 bits per heavy atom. The van der Waals surface area contributed by atoms with E-state index in [1.807, 2.05) is 13.8 Å². The van der Waals surface area contributed by atoms with Crippen LogP contribution in [0.25, 0.3) is 0 Å². The third kappa shape index (κ3) is 4.58. The van der Waals surface area contributed by atoms with Gasteiger partial charge in [0.2, 0.25) is 11.8 Å². The van der Waals surface area contributed by atoms with Gasteiger partial charge < -0.3 is 15.3 Å². The Morgan fingerprint density at radius 1 is 1.29 bits per heavy atom. The van der Waals surface area contributed by atoms with Crippen LogP contribution in [0.2, 0.25) is 5.02 Å². The maximum Gasteiger partial charge on any atom is 0.264 e. The fourth-order valence-corrected chi connectivity index (χ4v) is 5.90. The van der Waals surface area contributed by atoms with Crippen LogP contribution in [0.3, 0.4) is 0 Å². The maximum absolute atomic E-state index is 13.4. The van der Waals surface area contributed by atoms with Crippen LogP contribution < -0.4 is 5.32 Å². The van der Waals surface area contributed by atoms with Crippen molar-refractivity contribution in [1.29, 1.82) is 0 Å². The molecule has 0 spiro atoms. The molecule has 1 saturated heterocycles. The Balaban J connectivity index is 1.89. The van der Waals surface area contributed by atoms with E-state index in [0.717, 1.165) is 4.31 Å². The van der Waals surface area contributed by atoms with E-state index in [-0.39, 0.29) is 17.2 Å². The summed E-state index contributed by atoms with van der Waals surface area (Å²) in [5, 5.41) is 13.1. The van der Waals surface area contributed by atoms with Crippen molar-refractivity contribution in [3.63, 3.8) is 0 Å². The highest BCUT2D eigenvalue weighted by Gasteiger charge is 2.41. The molecule has 31 heavy (non-hydrogen) atoms. The number of aryl methyl sites for hydroxylation is 2. The van der Waals surface area contributed by atoms with Gasteiger partial charge in [0.15, 0.2) is 0 Å². The monoisotopic (exact) mass is 469 g/mol. The normalized spacial score (nSPS) is 23.6. The fraction of sp³-hybridized carbons (Fsp3) is 0.524. The highest BCUT2D eigenvalue weighted by atomic mass is 35.5. The van der Waals surface area contributed by atoms with Gasteiger partial charge in [-0.05, 0) is 43.5 Å². The summed E-state index contributed by atoms with van der Waals surface area (Å²) in [4.78, 5) is 27.2. The molecule has 2 aliphatic rings. The SMILES string of the molecule is Cc1cc(S(=O)(=O)N2C=CNC(=O)[C@H]2CC(=O)N2CC[C@H](O)C(C)(C)C2)c(C)cc1Cl. The Hall–Kier alpha value is -2.10. The summed E-state index contributed by atoms with van der Waals surface area (Å²) in [7, 11) is -4.11. The number of nitrogens with zero attached hydrogens (tertiary/aromatic N) is 2. The van der Waals surface area contributed by atoms with Gasteiger partial charge in [-0.3, -0.25) is 13.9 Å². The average molecular weight is 470 g/mol. The van der Waals surface area contributed by atoms with Gasteiger partial charge >= 0.3 is 0 Å². The third-order valence-corrected chi connectivity index (χ3v) is 8.30. The molecule has 1 fully saturated rings. The Labute approximate surface area is 187 Å². The zero-order valence-electron chi connectivity index (χ0n) is 18.1. The van der Waals surface area contributed by atoms with Crippen LogP contribution in [-0.2, 0) is 19.6 Å². The second-order valence-corrected chi connectivity index (χ2v) is 11.1. The number of piperidine rings is 1. The van der Waals surface area contributed by atoms with Gasteiger partial charge in [-0.25, -0.2) is 8.42 Å². The van der Waals surface area contributed by atoms with Crippen LogP contribution in [0.15, 0.2) is 29.4 Å². The molecule has 2 heterocycles. The van der Waals surface area contributed by atoms with E-state index < -0.39 is 33.5 Å². The van der Waals surface area contributed by atoms with Crippen molar-refractivity contribution in [3.05, 3.63) is 40.7 Å². The molecule has 0 saturated carbocycles. The number of hydrogen-bond acceptors (Lipinski definition) is 5. The van der Waals surface area contributed by atoms with Crippen LogP contribution in [0.1, 0.15) is 37.8 Å². The highest BCUT2D eigenvalue weighted by Crippen LogP contribution is 2.31. The van der Waals surface area contributed by atoms with E-state index in [1.54, 1.807) is 24.8 Å². The second kappa shape index (κ2) is 8.44. The molecule has 0 radical (unpaired) electrons. The molecule has 3 rings (SSSR count). The van der Waals surface area contributed by atoms with Gasteiger partial charge in [0.05, 0.1) is 17.4 Å². The van der Waals surface area contributed by atoms with Crippen molar-refractivity contribution in [2.45, 2.75) is 57.6 Å². The van der Waals surface area contributed by atoms with Gasteiger partial charge in [-0.1, -0.05) is 25.4 Å². The van der Waals surface area contributed by atoms with Crippen molar-refractivity contribution in [2.24, 2.45) is 5.41 Å². The number of sulfonamides is 1. The van der Waals surface area contributed by atoms with Gasteiger partial charge in [-0.15, -0.1) is 0 Å². The summed E-state index contributed by atoms with van der Waals surface area (Å²) < 4.78 is 27.8. The van der Waals surface area contributed by atoms with E-state index in [4.69, 9.17) is 11.6 Å². The number of benzene rings is 1. The maximum atomic E-state index is 13.4. The molecule has 8 nitrogen and oxygen atoms in total. The highest BCUT2D eigenvalue weighted by molar-refractivity contribution is 7.89. The number of rotatable bonds is 4. The average Bonchev–Trinajstić information content (AvgIpc) is 2.68. The zero-order chi connectivity index (χ0) is 23.1. The van der Waals surface area contributed by atoms with E-state index in [0.29, 0.717) is 35.7 Å². The number of amides is 2. The van der Waals surface area contributed by atoms with Crippen molar-refractivity contribution in [1.82, 2.24) is 14.5 Å². The molecular formula is C21H28ClN3O5S. The lowest BCUT2D eigenvalue weighted by Gasteiger charge is -2.42. The zero-order valence-corrected chi connectivity index (χ0v) is 19.6. The van der Waals surface area contributed by atoms with Crippen LogP contribution in [0.4, 0.5) is 0 Å². The first kappa shape index (κ1) is 23.6. The van der Waals surface area contributed by atoms with Crippen LogP contribution in [-0.4, -0.2) is 59.8 Å². The number of halogens is 1. The molecule has 0 aliphatic carbocycles. The quantitative estimate of drug-likeness (QED) is 0.700.